The highest BCUT2D eigenvalue weighted by Gasteiger charge is 2.09. The van der Waals surface area contributed by atoms with Gasteiger partial charge in [0.1, 0.15) is 0 Å². The highest BCUT2D eigenvalue weighted by molar-refractivity contribution is 6.02. The van der Waals surface area contributed by atoms with E-state index in [1.54, 1.807) is 30.7 Å². The first-order chi connectivity index (χ1) is 15.7. The second kappa shape index (κ2) is 10.1. The van der Waals surface area contributed by atoms with Gasteiger partial charge in [0.05, 0.1) is 12.6 Å². The number of imidazole rings is 1. The maximum absolute atomic E-state index is 12.3. The fourth-order valence-electron chi connectivity index (χ4n) is 3.24. The normalized spacial score (nSPS) is 10.5. The molecule has 0 spiro atoms. The standard InChI is InChI=1S/C24H23N5O3/c30-23(22-9-4-12-32-22)28-21-8-3-5-18(13-21)14-26-24(31)27-15-19-6-1-2-7-20(19)16-29-11-10-25-17-29/h1-13,17H,14-16H2,(H,28,30)(H2,26,27,31). The lowest BCUT2D eigenvalue weighted by atomic mass is 10.1. The van der Waals surface area contributed by atoms with E-state index >= 15 is 0 Å². The molecule has 3 N–H and O–H groups in total. The third-order valence-corrected chi connectivity index (χ3v) is 4.85. The van der Waals surface area contributed by atoms with Gasteiger partial charge in [-0.3, -0.25) is 4.79 Å². The van der Waals surface area contributed by atoms with Crippen molar-refractivity contribution < 1.29 is 14.0 Å². The molecule has 0 aliphatic carbocycles. The summed E-state index contributed by atoms with van der Waals surface area (Å²) in [5, 5.41) is 8.52. The number of rotatable bonds is 8. The molecule has 2 heterocycles. The maximum atomic E-state index is 12.3. The Morgan fingerprint density at radius 2 is 1.78 bits per heavy atom. The monoisotopic (exact) mass is 429 g/mol. The van der Waals surface area contributed by atoms with Crippen molar-refractivity contribution >= 4 is 17.6 Å². The molecular formula is C24H23N5O3. The topological polar surface area (TPSA) is 101 Å². The minimum absolute atomic E-state index is 0.237. The Morgan fingerprint density at radius 1 is 0.938 bits per heavy atom. The number of furan rings is 1. The zero-order chi connectivity index (χ0) is 22.2. The quantitative estimate of drug-likeness (QED) is 0.397. The number of nitrogens with zero attached hydrogens (tertiary/aromatic N) is 2. The Balaban J connectivity index is 1.28. The van der Waals surface area contributed by atoms with Gasteiger partial charge >= 0.3 is 6.03 Å². The average Bonchev–Trinajstić information content (AvgIpc) is 3.52. The van der Waals surface area contributed by atoms with Crippen LogP contribution in [0.15, 0.2) is 90.1 Å². The number of aromatic nitrogens is 2. The molecule has 0 unspecified atom stereocenters. The van der Waals surface area contributed by atoms with Crippen molar-refractivity contribution in [3.8, 4) is 0 Å². The van der Waals surface area contributed by atoms with Crippen LogP contribution in [0.4, 0.5) is 10.5 Å². The molecule has 162 valence electrons. The number of hydrogen-bond acceptors (Lipinski definition) is 4. The third kappa shape index (κ3) is 5.63. The van der Waals surface area contributed by atoms with Gasteiger partial charge in [0.2, 0.25) is 0 Å². The van der Waals surface area contributed by atoms with Crippen LogP contribution in [0.1, 0.15) is 27.2 Å². The zero-order valence-electron chi connectivity index (χ0n) is 17.3. The highest BCUT2D eigenvalue weighted by Crippen LogP contribution is 2.13. The van der Waals surface area contributed by atoms with E-state index in [0.29, 0.717) is 25.3 Å². The largest absolute Gasteiger partial charge is 0.459 e. The average molecular weight is 429 g/mol. The highest BCUT2D eigenvalue weighted by atomic mass is 16.3. The Hall–Kier alpha value is -4.33. The Labute approximate surface area is 185 Å². The van der Waals surface area contributed by atoms with Crippen LogP contribution in [0.25, 0.3) is 0 Å². The molecule has 4 rings (SSSR count). The van der Waals surface area contributed by atoms with E-state index < -0.39 is 0 Å². The fraction of sp³-hybridized carbons (Fsp3) is 0.125. The van der Waals surface area contributed by atoms with Crippen molar-refractivity contribution in [2.75, 3.05) is 5.32 Å². The molecule has 0 bridgehead atoms. The first-order valence-electron chi connectivity index (χ1n) is 10.2. The zero-order valence-corrected chi connectivity index (χ0v) is 17.3. The Bertz CT molecular complexity index is 1170. The van der Waals surface area contributed by atoms with Crippen LogP contribution in [-0.2, 0) is 19.6 Å². The predicted octanol–water partition coefficient (Wildman–Crippen LogP) is 3.78. The first kappa shape index (κ1) is 20.9. The molecule has 0 fully saturated rings. The molecule has 2 aromatic heterocycles. The van der Waals surface area contributed by atoms with E-state index in [0.717, 1.165) is 16.7 Å². The summed E-state index contributed by atoms with van der Waals surface area (Å²) in [6.45, 7) is 1.43. The van der Waals surface area contributed by atoms with Gasteiger partial charge in [-0.15, -0.1) is 0 Å². The number of carbonyl (C=O) groups is 2. The molecule has 0 saturated heterocycles. The number of benzene rings is 2. The molecule has 0 aliphatic rings. The van der Waals surface area contributed by atoms with Gasteiger partial charge < -0.3 is 24.9 Å². The van der Waals surface area contributed by atoms with E-state index in [4.69, 9.17) is 4.42 Å². The molecule has 2 aromatic carbocycles. The molecule has 4 aromatic rings. The van der Waals surface area contributed by atoms with Crippen molar-refractivity contribution in [2.24, 2.45) is 0 Å². The lowest BCUT2D eigenvalue weighted by Crippen LogP contribution is -2.34. The van der Waals surface area contributed by atoms with Gasteiger partial charge in [0.25, 0.3) is 5.91 Å². The van der Waals surface area contributed by atoms with Crippen LogP contribution in [-0.4, -0.2) is 21.5 Å². The molecular weight excluding hydrogens is 406 g/mol. The second-order valence-corrected chi connectivity index (χ2v) is 7.17. The number of nitrogens with one attached hydrogen (secondary N) is 3. The van der Waals surface area contributed by atoms with E-state index in [-0.39, 0.29) is 17.7 Å². The number of hydrogen-bond donors (Lipinski definition) is 3. The summed E-state index contributed by atoms with van der Waals surface area (Å²) in [4.78, 5) is 28.5. The summed E-state index contributed by atoms with van der Waals surface area (Å²) in [7, 11) is 0. The smallest absolute Gasteiger partial charge is 0.315 e. The van der Waals surface area contributed by atoms with Crippen LogP contribution in [0.3, 0.4) is 0 Å². The lowest BCUT2D eigenvalue weighted by Gasteiger charge is -2.12. The second-order valence-electron chi connectivity index (χ2n) is 7.17. The molecule has 0 saturated carbocycles. The van der Waals surface area contributed by atoms with E-state index in [1.807, 2.05) is 53.2 Å². The predicted molar refractivity (Wildman–Crippen MR) is 120 cm³/mol. The van der Waals surface area contributed by atoms with Crippen LogP contribution >= 0.6 is 0 Å². The van der Waals surface area contributed by atoms with Crippen molar-refractivity contribution in [1.82, 2.24) is 20.2 Å². The van der Waals surface area contributed by atoms with Gasteiger partial charge in [-0.25, -0.2) is 9.78 Å². The van der Waals surface area contributed by atoms with Crippen LogP contribution < -0.4 is 16.0 Å². The third-order valence-electron chi connectivity index (χ3n) is 4.85. The molecule has 8 heteroatoms. The number of amides is 3. The van der Waals surface area contributed by atoms with Crippen molar-refractivity contribution in [3.63, 3.8) is 0 Å². The SMILES string of the molecule is O=C(NCc1cccc(NC(=O)c2ccco2)c1)NCc1ccccc1Cn1ccnc1. The van der Waals surface area contributed by atoms with Gasteiger partial charge in [0.15, 0.2) is 5.76 Å². The molecule has 8 nitrogen and oxygen atoms in total. The van der Waals surface area contributed by atoms with Gasteiger partial charge in [-0.2, -0.15) is 0 Å². The van der Waals surface area contributed by atoms with Crippen molar-refractivity contribution in [3.05, 3.63) is 108 Å². The summed E-state index contributed by atoms with van der Waals surface area (Å²) < 4.78 is 7.08. The number of urea groups is 1. The van der Waals surface area contributed by atoms with Crippen molar-refractivity contribution in [2.45, 2.75) is 19.6 Å². The molecule has 3 amide bonds. The van der Waals surface area contributed by atoms with E-state index in [1.165, 1.54) is 6.26 Å². The van der Waals surface area contributed by atoms with Gasteiger partial charge in [-0.1, -0.05) is 36.4 Å². The molecule has 0 aliphatic heterocycles. The molecule has 32 heavy (non-hydrogen) atoms. The first-order valence-corrected chi connectivity index (χ1v) is 10.2. The van der Waals surface area contributed by atoms with Gasteiger partial charge in [0, 0.05) is 37.7 Å². The number of carbonyl (C=O) groups excluding carboxylic acids is 2. The van der Waals surface area contributed by atoms with Gasteiger partial charge in [-0.05, 0) is 41.0 Å². The summed E-state index contributed by atoms with van der Waals surface area (Å²) >= 11 is 0. The summed E-state index contributed by atoms with van der Waals surface area (Å²) in [5.41, 5.74) is 3.64. The van der Waals surface area contributed by atoms with Crippen LogP contribution in [0.2, 0.25) is 0 Å². The summed E-state index contributed by atoms with van der Waals surface area (Å²) in [6, 6.07) is 18.2. The van der Waals surface area contributed by atoms with Crippen LogP contribution in [0.5, 0.6) is 0 Å². The summed E-state index contributed by atoms with van der Waals surface area (Å²) in [5.74, 6) is -0.0894. The summed E-state index contributed by atoms with van der Waals surface area (Å²) in [6.07, 6.45) is 6.86. The Kier molecular flexibility index (Phi) is 6.62. The minimum atomic E-state index is -0.327. The lowest BCUT2D eigenvalue weighted by molar-refractivity contribution is 0.0996. The number of anilines is 1. The fourth-order valence-corrected chi connectivity index (χ4v) is 3.24. The minimum Gasteiger partial charge on any atom is -0.459 e. The molecule has 0 radical (unpaired) electrons. The van der Waals surface area contributed by atoms with Crippen LogP contribution in [0, 0.1) is 0 Å². The van der Waals surface area contributed by atoms with Crippen molar-refractivity contribution in [1.29, 1.82) is 0 Å². The molecule has 0 atom stereocenters. The van der Waals surface area contributed by atoms with E-state index in [2.05, 4.69) is 20.9 Å². The van der Waals surface area contributed by atoms with E-state index in [9.17, 15) is 9.59 Å². The Morgan fingerprint density at radius 3 is 2.56 bits per heavy atom. The maximum Gasteiger partial charge on any atom is 0.315 e.